The number of ether oxygens (including phenoxy) is 1. The number of rotatable bonds is 20. The molecule has 0 aliphatic heterocycles. The number of nitrogens with zero attached hydrogens (tertiary/aromatic N) is 1. The molecule has 0 aliphatic carbocycles. The zero-order valence-corrected chi connectivity index (χ0v) is 30.6. The normalized spacial score (nSPS) is 11.0. The van der Waals surface area contributed by atoms with E-state index in [1.54, 1.807) is 30.3 Å². The fraction of sp³-hybridized carbons (Fsp3) is 0.378. The second kappa shape index (κ2) is 20.0. The first-order valence-electron chi connectivity index (χ1n) is 16.8. The molecule has 0 unspecified atom stereocenters. The van der Waals surface area contributed by atoms with Crippen LogP contribution in [0.15, 0.2) is 65.5 Å². The fourth-order valence-corrected chi connectivity index (χ4v) is 6.11. The Labute approximate surface area is 307 Å². The van der Waals surface area contributed by atoms with Gasteiger partial charge in [0, 0.05) is 23.2 Å². The van der Waals surface area contributed by atoms with Crippen molar-refractivity contribution in [2.45, 2.75) is 84.2 Å². The molecule has 0 aliphatic rings. The average Bonchev–Trinajstić information content (AvgIpc) is 3.41. The van der Waals surface area contributed by atoms with Crippen LogP contribution in [-0.4, -0.2) is 28.8 Å². The van der Waals surface area contributed by atoms with Gasteiger partial charge < -0.3 is 15.4 Å². The number of carbonyl (C=O) groups is 2. The molecule has 0 fully saturated rings. The minimum Gasteiger partial charge on any atom is -0.494 e. The smallest absolute Gasteiger partial charge is 0.382 e. The summed E-state index contributed by atoms with van der Waals surface area (Å²) in [6.07, 6.45) is 12.2. The van der Waals surface area contributed by atoms with Gasteiger partial charge in [0.1, 0.15) is 23.9 Å². The highest BCUT2D eigenvalue weighted by atomic mass is 35.5. The summed E-state index contributed by atoms with van der Waals surface area (Å²) in [6, 6.07) is 16.8. The summed E-state index contributed by atoms with van der Waals surface area (Å²) in [7, 11) is 1.39. The van der Waals surface area contributed by atoms with Crippen LogP contribution in [0.1, 0.15) is 93.5 Å². The molecule has 0 saturated heterocycles. The number of nitrogens with one attached hydrogen (secondary N) is 3. The SMILES string of the molecule is CCCCCCCCCCCCC(=O)Nc1ccc(Cl)c(Nc2[nH]n(-c3c(Cl)cc(Cl)cc3OC)c(=O)c2C(=O)OOCc2ccccc2)c1. The predicted molar refractivity (Wildman–Crippen MR) is 199 cm³/mol. The van der Waals surface area contributed by atoms with E-state index in [1.165, 1.54) is 64.2 Å². The number of aromatic amines is 1. The van der Waals surface area contributed by atoms with E-state index in [9.17, 15) is 14.4 Å². The Morgan fingerprint density at radius 1 is 0.840 bits per heavy atom. The maximum atomic E-state index is 13.8. The number of carbonyl (C=O) groups excluding carboxylic acids is 2. The lowest BCUT2D eigenvalue weighted by molar-refractivity contribution is -0.250. The summed E-state index contributed by atoms with van der Waals surface area (Å²) in [5.41, 5.74) is 0.383. The van der Waals surface area contributed by atoms with Crippen LogP contribution < -0.4 is 20.9 Å². The zero-order valence-electron chi connectivity index (χ0n) is 28.3. The van der Waals surface area contributed by atoms with Crippen molar-refractivity contribution in [1.29, 1.82) is 0 Å². The monoisotopic (exact) mass is 744 g/mol. The molecular weight excluding hydrogens is 703 g/mol. The standard InChI is InChI=1S/C37H43Cl3N4O6/c1-3-4-5-6-7-8-9-10-11-15-18-32(45)41-27-19-20-28(39)30(23-27)42-35-33(37(47)50-49-24-25-16-13-12-14-17-25)36(46)44(43-35)34-29(40)21-26(38)22-31(34)48-2/h12-14,16-17,19-23,42-43H,3-11,15,18,24H2,1-2H3,(H,41,45). The molecule has 1 aromatic heterocycles. The molecule has 0 radical (unpaired) electrons. The fourth-order valence-electron chi connectivity index (χ4n) is 5.39. The van der Waals surface area contributed by atoms with E-state index in [4.69, 9.17) is 49.3 Å². The van der Waals surface area contributed by atoms with Crippen LogP contribution in [0, 0.1) is 0 Å². The molecule has 10 nitrogen and oxygen atoms in total. The number of H-pyrrole nitrogens is 1. The third kappa shape index (κ3) is 11.3. The molecule has 268 valence electrons. The van der Waals surface area contributed by atoms with E-state index < -0.39 is 17.1 Å². The number of halogens is 3. The molecule has 0 saturated carbocycles. The average molecular weight is 746 g/mol. The Hall–Kier alpha value is -3.96. The van der Waals surface area contributed by atoms with E-state index in [-0.39, 0.29) is 44.8 Å². The van der Waals surface area contributed by atoms with Crippen molar-refractivity contribution in [3.8, 4) is 11.4 Å². The number of unbranched alkanes of at least 4 members (excludes halogenated alkanes) is 9. The molecule has 1 heterocycles. The Kier molecular flexibility index (Phi) is 15.6. The maximum Gasteiger partial charge on any atom is 0.382 e. The second-order valence-electron chi connectivity index (χ2n) is 11.9. The topological polar surface area (TPSA) is 124 Å². The van der Waals surface area contributed by atoms with Gasteiger partial charge in [-0.1, -0.05) is 130 Å². The minimum atomic E-state index is -1.08. The van der Waals surface area contributed by atoms with Crippen molar-refractivity contribution in [2.24, 2.45) is 0 Å². The summed E-state index contributed by atoms with van der Waals surface area (Å²) in [4.78, 5) is 50.1. The van der Waals surface area contributed by atoms with Crippen LogP contribution in [-0.2, 0) is 21.2 Å². The van der Waals surface area contributed by atoms with Crippen LogP contribution in [0.25, 0.3) is 5.69 Å². The highest BCUT2D eigenvalue weighted by Crippen LogP contribution is 2.35. The van der Waals surface area contributed by atoms with Crippen molar-refractivity contribution in [3.05, 3.63) is 97.2 Å². The first-order chi connectivity index (χ1) is 24.2. The number of amides is 1. The van der Waals surface area contributed by atoms with Gasteiger partial charge in [-0.25, -0.2) is 9.48 Å². The van der Waals surface area contributed by atoms with Gasteiger partial charge >= 0.3 is 5.97 Å². The molecule has 4 rings (SSSR count). The van der Waals surface area contributed by atoms with Crippen LogP contribution >= 0.6 is 34.8 Å². The molecule has 0 bridgehead atoms. The van der Waals surface area contributed by atoms with Gasteiger partial charge in [0.2, 0.25) is 5.91 Å². The van der Waals surface area contributed by atoms with Crippen molar-refractivity contribution in [3.63, 3.8) is 0 Å². The van der Waals surface area contributed by atoms with E-state index in [2.05, 4.69) is 22.7 Å². The number of hydrogen-bond donors (Lipinski definition) is 3. The molecule has 3 N–H and O–H groups in total. The van der Waals surface area contributed by atoms with E-state index in [0.29, 0.717) is 17.8 Å². The van der Waals surface area contributed by atoms with Gasteiger partial charge in [-0.05, 0) is 36.2 Å². The van der Waals surface area contributed by atoms with E-state index >= 15 is 0 Å². The minimum absolute atomic E-state index is 0.0442. The summed E-state index contributed by atoms with van der Waals surface area (Å²) in [5, 5.41) is 9.39. The molecule has 50 heavy (non-hydrogen) atoms. The van der Waals surface area contributed by atoms with Crippen LogP contribution in [0.2, 0.25) is 15.1 Å². The molecule has 4 aromatic rings. The summed E-state index contributed by atoms with van der Waals surface area (Å²) >= 11 is 19.2. The molecule has 13 heteroatoms. The number of aromatic nitrogens is 2. The molecule has 0 atom stereocenters. The van der Waals surface area contributed by atoms with Crippen molar-refractivity contribution >= 4 is 63.9 Å². The number of anilines is 3. The molecule has 1 amide bonds. The largest absolute Gasteiger partial charge is 0.494 e. The molecular formula is C37H43Cl3N4O6. The van der Waals surface area contributed by atoms with Crippen molar-refractivity contribution < 1.29 is 24.1 Å². The van der Waals surface area contributed by atoms with Gasteiger partial charge in [-0.3, -0.25) is 19.6 Å². The van der Waals surface area contributed by atoms with Gasteiger partial charge in [0.15, 0.2) is 5.56 Å². The quantitative estimate of drug-likeness (QED) is 0.0467. The van der Waals surface area contributed by atoms with Crippen LogP contribution in [0.4, 0.5) is 17.2 Å². The Bertz CT molecular complexity index is 1780. The molecule has 0 spiro atoms. The third-order valence-electron chi connectivity index (χ3n) is 8.00. The van der Waals surface area contributed by atoms with E-state index in [1.807, 2.05) is 18.2 Å². The first-order valence-corrected chi connectivity index (χ1v) is 18.0. The van der Waals surface area contributed by atoms with Crippen LogP contribution in [0.3, 0.4) is 0 Å². The Morgan fingerprint density at radius 3 is 2.20 bits per heavy atom. The Balaban J connectivity index is 1.48. The highest BCUT2D eigenvalue weighted by Gasteiger charge is 2.27. The van der Waals surface area contributed by atoms with E-state index in [0.717, 1.165) is 29.5 Å². The first kappa shape index (κ1) is 38.8. The second-order valence-corrected chi connectivity index (χ2v) is 13.1. The van der Waals surface area contributed by atoms with Crippen molar-refractivity contribution in [2.75, 3.05) is 17.7 Å². The summed E-state index contributed by atoms with van der Waals surface area (Å²) in [5.74, 6) is -1.11. The lowest BCUT2D eigenvalue weighted by Gasteiger charge is -2.12. The van der Waals surface area contributed by atoms with Gasteiger partial charge in [-0.2, -0.15) is 4.89 Å². The lowest BCUT2D eigenvalue weighted by atomic mass is 10.1. The summed E-state index contributed by atoms with van der Waals surface area (Å²) in [6.45, 7) is 2.18. The lowest BCUT2D eigenvalue weighted by Crippen LogP contribution is -2.22. The Morgan fingerprint density at radius 2 is 1.52 bits per heavy atom. The van der Waals surface area contributed by atoms with Gasteiger partial charge in [0.25, 0.3) is 5.56 Å². The summed E-state index contributed by atoms with van der Waals surface area (Å²) < 4.78 is 6.45. The number of hydrogen-bond acceptors (Lipinski definition) is 7. The predicted octanol–water partition coefficient (Wildman–Crippen LogP) is 10.4. The zero-order chi connectivity index (χ0) is 35.9. The van der Waals surface area contributed by atoms with Gasteiger partial charge in [-0.15, -0.1) is 0 Å². The molecule has 3 aromatic carbocycles. The number of benzene rings is 3. The highest BCUT2D eigenvalue weighted by molar-refractivity contribution is 6.36. The maximum absolute atomic E-state index is 13.8. The van der Waals surface area contributed by atoms with Gasteiger partial charge in [0.05, 0.1) is 22.8 Å². The third-order valence-corrected chi connectivity index (χ3v) is 8.84. The van der Waals surface area contributed by atoms with Crippen molar-refractivity contribution in [1.82, 2.24) is 9.78 Å². The number of methoxy groups -OCH3 is 1. The van der Waals surface area contributed by atoms with Crippen LogP contribution in [0.5, 0.6) is 5.75 Å².